The number of Topliss-reactive ketones (excluding diaryl/α,β-unsaturated/α-hetero) is 1. The van der Waals surface area contributed by atoms with E-state index >= 15 is 0 Å². The van der Waals surface area contributed by atoms with Gasteiger partial charge in [0.1, 0.15) is 5.76 Å². The largest absolute Gasteiger partial charge is 0.510 e. The van der Waals surface area contributed by atoms with E-state index in [1.54, 1.807) is 20.8 Å². The van der Waals surface area contributed by atoms with Gasteiger partial charge < -0.3 is 5.11 Å². The van der Waals surface area contributed by atoms with E-state index in [4.69, 9.17) is 0 Å². The van der Waals surface area contributed by atoms with Gasteiger partial charge in [-0.1, -0.05) is 20.8 Å². The van der Waals surface area contributed by atoms with Gasteiger partial charge in [0.05, 0.1) is 0 Å². The second-order valence-electron chi connectivity index (χ2n) is 2.76. The van der Waals surface area contributed by atoms with Crippen LogP contribution in [0.15, 0.2) is 16.6 Å². The van der Waals surface area contributed by atoms with Crippen LogP contribution in [0.3, 0.4) is 0 Å². The Bertz CT molecular complexity index is 218. The highest BCUT2D eigenvalue weighted by atomic mass is 16.3. The molecule has 0 rings (SSSR count). The van der Waals surface area contributed by atoms with Crippen LogP contribution in [0.4, 0.5) is 0 Å². The summed E-state index contributed by atoms with van der Waals surface area (Å²) in [5.41, 5.74) is -0.340. The van der Waals surface area contributed by atoms with Crippen LogP contribution in [0, 0.1) is 10.8 Å². The van der Waals surface area contributed by atoms with Crippen molar-refractivity contribution < 1.29 is 9.90 Å². The summed E-state index contributed by atoms with van der Waals surface area (Å²) in [7, 11) is 0. The first-order chi connectivity index (χ1) is 5.54. The maximum Gasteiger partial charge on any atom is 0.188 e. The van der Waals surface area contributed by atoms with Gasteiger partial charge in [0, 0.05) is 12.3 Å². The van der Waals surface area contributed by atoms with Crippen LogP contribution >= 0.6 is 0 Å². The molecule has 0 aromatic carbocycles. The van der Waals surface area contributed by atoms with Gasteiger partial charge >= 0.3 is 0 Å². The number of nitroso groups, excluding NO2 is 1. The lowest BCUT2D eigenvalue weighted by molar-refractivity contribution is -0.115. The minimum atomic E-state index is -0.420. The fourth-order valence-corrected chi connectivity index (χ4v) is 0.681. The lowest BCUT2D eigenvalue weighted by atomic mass is 10.1. The molecule has 0 aliphatic carbocycles. The lowest BCUT2D eigenvalue weighted by Gasteiger charge is -2.04. The monoisotopic (exact) mass is 171 g/mol. The summed E-state index contributed by atoms with van der Waals surface area (Å²) in [6, 6.07) is 0. The van der Waals surface area contributed by atoms with Gasteiger partial charge in [0.2, 0.25) is 0 Å². The Morgan fingerprint density at radius 3 is 2.25 bits per heavy atom. The Kier molecular flexibility index (Phi) is 4.18. The van der Waals surface area contributed by atoms with Crippen molar-refractivity contribution in [3.63, 3.8) is 0 Å². The summed E-state index contributed by atoms with van der Waals surface area (Å²) >= 11 is 0. The number of hydrogen-bond donors (Lipinski definition) is 1. The van der Waals surface area contributed by atoms with Crippen LogP contribution in [0.1, 0.15) is 27.2 Å². The number of carbonyl (C=O) groups is 1. The van der Waals surface area contributed by atoms with Crippen LogP contribution in [0.25, 0.3) is 0 Å². The standard InChI is InChI=1S/C8H13NO3/c1-4-6(10)7(9-12)8(11)5(2)3/h5,11H,4H2,1-3H3/b8-7+. The minimum absolute atomic E-state index is 0.178. The van der Waals surface area contributed by atoms with Gasteiger partial charge in [-0.05, 0) is 5.18 Å². The smallest absolute Gasteiger partial charge is 0.188 e. The van der Waals surface area contributed by atoms with E-state index in [0.29, 0.717) is 0 Å². The predicted octanol–water partition coefficient (Wildman–Crippen LogP) is 2.16. The molecule has 0 aliphatic heterocycles. The molecule has 0 unspecified atom stereocenters. The summed E-state index contributed by atoms with van der Waals surface area (Å²) in [5, 5.41) is 11.8. The molecule has 0 aromatic rings. The molecule has 0 spiro atoms. The fraction of sp³-hybridized carbons (Fsp3) is 0.625. The Morgan fingerprint density at radius 1 is 1.50 bits per heavy atom. The molecule has 0 bridgehead atoms. The van der Waals surface area contributed by atoms with Crippen molar-refractivity contribution in [1.82, 2.24) is 0 Å². The summed E-state index contributed by atoms with van der Waals surface area (Å²) in [4.78, 5) is 21.1. The number of carbonyl (C=O) groups excluding carboxylic acids is 1. The zero-order chi connectivity index (χ0) is 9.72. The second kappa shape index (κ2) is 4.64. The third-order valence-electron chi connectivity index (χ3n) is 1.47. The van der Waals surface area contributed by atoms with E-state index in [9.17, 15) is 14.8 Å². The molecule has 0 saturated carbocycles. The predicted molar refractivity (Wildman–Crippen MR) is 45.6 cm³/mol. The zero-order valence-electron chi connectivity index (χ0n) is 7.50. The van der Waals surface area contributed by atoms with Crippen LogP contribution in [-0.2, 0) is 4.79 Å². The number of rotatable bonds is 4. The average Bonchev–Trinajstić information content (AvgIpc) is 2.05. The molecule has 0 saturated heterocycles. The molecule has 0 aliphatic rings. The highest BCUT2D eigenvalue weighted by Crippen LogP contribution is 2.14. The van der Waals surface area contributed by atoms with E-state index in [0.717, 1.165) is 0 Å². The quantitative estimate of drug-likeness (QED) is 0.400. The van der Waals surface area contributed by atoms with Gasteiger partial charge in [0.25, 0.3) is 0 Å². The highest BCUT2D eigenvalue weighted by Gasteiger charge is 2.16. The molecule has 68 valence electrons. The molecule has 0 aromatic heterocycles. The molecule has 0 radical (unpaired) electrons. The molecular formula is C8H13NO3. The Hall–Kier alpha value is -1.19. The normalized spacial score (nSPS) is 12.7. The zero-order valence-corrected chi connectivity index (χ0v) is 7.50. The summed E-state index contributed by atoms with van der Waals surface area (Å²) in [6.45, 7) is 4.98. The van der Waals surface area contributed by atoms with Gasteiger partial charge in [-0.3, -0.25) is 4.79 Å². The van der Waals surface area contributed by atoms with Gasteiger partial charge in [-0.25, -0.2) is 0 Å². The first-order valence-corrected chi connectivity index (χ1v) is 3.84. The first-order valence-electron chi connectivity index (χ1n) is 3.84. The number of aliphatic hydroxyl groups is 1. The summed E-state index contributed by atoms with van der Waals surface area (Å²) < 4.78 is 0. The maximum absolute atomic E-state index is 11.0. The molecule has 0 amide bonds. The maximum atomic E-state index is 11.0. The number of hydrogen-bond acceptors (Lipinski definition) is 4. The van der Waals surface area contributed by atoms with Crippen molar-refractivity contribution in [2.24, 2.45) is 11.1 Å². The van der Waals surface area contributed by atoms with Gasteiger partial charge in [-0.2, -0.15) is 0 Å². The van der Waals surface area contributed by atoms with Crippen molar-refractivity contribution >= 4 is 5.78 Å². The topological polar surface area (TPSA) is 66.7 Å². The van der Waals surface area contributed by atoms with Crippen molar-refractivity contribution in [2.75, 3.05) is 0 Å². The third kappa shape index (κ3) is 2.45. The SMILES string of the molecule is CCC(=O)/C(N=O)=C(\O)C(C)C. The van der Waals surface area contributed by atoms with Crippen molar-refractivity contribution in [2.45, 2.75) is 27.2 Å². The van der Waals surface area contributed by atoms with E-state index < -0.39 is 5.78 Å². The van der Waals surface area contributed by atoms with Gasteiger partial charge in [0.15, 0.2) is 11.5 Å². The first kappa shape index (κ1) is 10.8. The lowest BCUT2D eigenvalue weighted by Crippen LogP contribution is -2.05. The van der Waals surface area contributed by atoms with E-state index in [-0.39, 0.29) is 23.8 Å². The number of nitrogens with zero attached hydrogens (tertiary/aromatic N) is 1. The van der Waals surface area contributed by atoms with E-state index in [2.05, 4.69) is 5.18 Å². The Balaban J connectivity index is 4.85. The Labute approximate surface area is 71.3 Å². The van der Waals surface area contributed by atoms with Crippen LogP contribution in [-0.4, -0.2) is 10.9 Å². The molecular weight excluding hydrogens is 158 g/mol. The number of allylic oxidation sites excluding steroid dienone is 2. The number of ketones is 1. The highest BCUT2D eigenvalue weighted by molar-refractivity contribution is 5.95. The molecule has 4 heteroatoms. The molecule has 12 heavy (non-hydrogen) atoms. The van der Waals surface area contributed by atoms with Crippen molar-refractivity contribution in [1.29, 1.82) is 0 Å². The minimum Gasteiger partial charge on any atom is -0.510 e. The van der Waals surface area contributed by atoms with Crippen LogP contribution < -0.4 is 0 Å². The van der Waals surface area contributed by atoms with E-state index in [1.165, 1.54) is 0 Å². The number of aliphatic hydroxyl groups excluding tert-OH is 1. The van der Waals surface area contributed by atoms with Gasteiger partial charge in [-0.15, -0.1) is 4.91 Å². The van der Waals surface area contributed by atoms with Crippen molar-refractivity contribution in [3.8, 4) is 0 Å². The molecule has 0 atom stereocenters. The third-order valence-corrected chi connectivity index (χ3v) is 1.47. The summed E-state index contributed by atoms with van der Waals surface area (Å²) in [5.74, 6) is -0.888. The molecule has 1 N–H and O–H groups in total. The average molecular weight is 171 g/mol. The Morgan fingerprint density at radius 2 is 2.00 bits per heavy atom. The van der Waals surface area contributed by atoms with Crippen LogP contribution in [0.2, 0.25) is 0 Å². The van der Waals surface area contributed by atoms with Crippen molar-refractivity contribution in [3.05, 3.63) is 16.4 Å². The van der Waals surface area contributed by atoms with Crippen LogP contribution in [0.5, 0.6) is 0 Å². The summed E-state index contributed by atoms with van der Waals surface area (Å²) in [6.07, 6.45) is 0.178. The van der Waals surface area contributed by atoms with E-state index in [1.807, 2.05) is 0 Å². The fourth-order valence-electron chi connectivity index (χ4n) is 0.681. The molecule has 0 heterocycles. The molecule has 0 fully saturated rings. The second-order valence-corrected chi connectivity index (χ2v) is 2.76. The molecule has 4 nitrogen and oxygen atoms in total.